The van der Waals surface area contributed by atoms with Crippen molar-refractivity contribution in [3.8, 4) is 0 Å². The molecule has 4 heteroatoms. The molecule has 2 unspecified atom stereocenters. The summed E-state index contributed by atoms with van der Waals surface area (Å²) < 4.78 is 0. The highest BCUT2D eigenvalue weighted by Crippen LogP contribution is 2.21. The number of fused-ring (bicyclic) bond motifs is 1. The van der Waals surface area contributed by atoms with Crippen LogP contribution in [0.3, 0.4) is 0 Å². The Morgan fingerprint density at radius 2 is 2.28 bits per heavy atom. The number of anilines is 1. The third kappa shape index (κ3) is 3.31. The topological polar surface area (TPSA) is 61.4 Å². The van der Waals surface area contributed by atoms with Crippen molar-refractivity contribution in [1.82, 2.24) is 5.32 Å². The third-order valence-electron chi connectivity index (χ3n) is 3.25. The first-order valence-corrected chi connectivity index (χ1v) is 6.47. The van der Waals surface area contributed by atoms with Crippen LogP contribution in [0.1, 0.15) is 25.3 Å². The fraction of sp³-hybridized carbons (Fsp3) is 0.500. The van der Waals surface area contributed by atoms with Crippen molar-refractivity contribution in [3.63, 3.8) is 0 Å². The number of benzene rings is 1. The van der Waals surface area contributed by atoms with E-state index in [2.05, 4.69) is 10.6 Å². The molecule has 0 aromatic heterocycles. The van der Waals surface area contributed by atoms with E-state index in [4.69, 9.17) is 0 Å². The van der Waals surface area contributed by atoms with Crippen LogP contribution in [0.25, 0.3) is 0 Å². The van der Waals surface area contributed by atoms with Gasteiger partial charge in [-0.15, -0.1) is 0 Å². The lowest BCUT2D eigenvalue weighted by Crippen LogP contribution is -2.40. The number of rotatable bonds is 4. The van der Waals surface area contributed by atoms with E-state index in [0.29, 0.717) is 13.0 Å². The number of carbonyl (C=O) groups is 1. The van der Waals surface area contributed by atoms with E-state index in [9.17, 15) is 9.90 Å². The number of hydrogen-bond acceptors (Lipinski definition) is 3. The Hall–Kier alpha value is -1.39. The fourth-order valence-corrected chi connectivity index (χ4v) is 2.17. The molecule has 0 bridgehead atoms. The molecule has 0 saturated carbocycles. The van der Waals surface area contributed by atoms with Crippen molar-refractivity contribution < 1.29 is 9.90 Å². The molecule has 3 N–H and O–H groups in total. The van der Waals surface area contributed by atoms with Gasteiger partial charge in [-0.05, 0) is 44.4 Å². The van der Waals surface area contributed by atoms with Gasteiger partial charge in [0.25, 0.3) is 0 Å². The Bertz CT molecular complexity index is 418. The average molecular weight is 248 g/mol. The highest BCUT2D eigenvalue weighted by molar-refractivity contribution is 5.96. The molecule has 0 aliphatic carbocycles. The van der Waals surface area contributed by atoms with Crippen molar-refractivity contribution in [2.75, 3.05) is 11.9 Å². The predicted molar refractivity (Wildman–Crippen MR) is 71.5 cm³/mol. The van der Waals surface area contributed by atoms with Crippen LogP contribution in [0.2, 0.25) is 0 Å². The van der Waals surface area contributed by atoms with Crippen LogP contribution in [-0.4, -0.2) is 29.7 Å². The second-order valence-electron chi connectivity index (χ2n) is 4.83. The molecule has 0 fully saturated rings. The molecule has 1 aliphatic heterocycles. The lowest BCUT2D eigenvalue weighted by molar-refractivity contribution is -0.118. The highest BCUT2D eigenvalue weighted by atomic mass is 16.3. The van der Waals surface area contributed by atoms with Gasteiger partial charge in [0.05, 0.1) is 12.1 Å². The Morgan fingerprint density at radius 3 is 3.06 bits per heavy atom. The molecule has 1 aromatic rings. The number of amides is 1. The summed E-state index contributed by atoms with van der Waals surface area (Å²) in [5.41, 5.74) is 2.10. The summed E-state index contributed by atoms with van der Waals surface area (Å²) in [4.78, 5) is 12.0. The van der Waals surface area contributed by atoms with Gasteiger partial charge in [0.2, 0.25) is 5.91 Å². The Balaban J connectivity index is 1.95. The molecule has 18 heavy (non-hydrogen) atoms. The molecular weight excluding hydrogens is 228 g/mol. The van der Waals surface area contributed by atoms with E-state index in [0.717, 1.165) is 18.5 Å². The van der Waals surface area contributed by atoms with Crippen LogP contribution in [0, 0.1) is 0 Å². The van der Waals surface area contributed by atoms with Crippen molar-refractivity contribution in [2.24, 2.45) is 0 Å². The lowest BCUT2D eigenvalue weighted by atomic mass is 10.1. The highest BCUT2D eigenvalue weighted by Gasteiger charge is 2.22. The summed E-state index contributed by atoms with van der Waals surface area (Å²) in [5, 5.41) is 15.4. The van der Waals surface area contributed by atoms with Crippen molar-refractivity contribution in [2.45, 2.75) is 38.3 Å². The third-order valence-corrected chi connectivity index (χ3v) is 3.25. The van der Waals surface area contributed by atoms with Crippen LogP contribution >= 0.6 is 0 Å². The predicted octanol–water partition coefficient (Wildman–Crippen LogP) is 1.30. The maximum absolute atomic E-state index is 12.0. The summed E-state index contributed by atoms with van der Waals surface area (Å²) in [6.07, 6.45) is 2.02. The Labute approximate surface area is 107 Å². The number of aryl methyl sites for hydroxylation is 1. The van der Waals surface area contributed by atoms with Gasteiger partial charge in [-0.3, -0.25) is 4.79 Å². The minimum absolute atomic E-state index is 0.0190. The molecule has 0 radical (unpaired) electrons. The number of nitrogens with one attached hydrogen (secondary N) is 2. The van der Waals surface area contributed by atoms with E-state index in [1.807, 2.05) is 24.3 Å². The lowest BCUT2D eigenvalue weighted by Gasteiger charge is -2.15. The summed E-state index contributed by atoms with van der Waals surface area (Å²) in [6, 6.07) is 7.74. The number of carbonyl (C=O) groups excluding carboxylic acids is 1. The molecule has 4 nitrogen and oxygen atoms in total. The Kier molecular flexibility index (Phi) is 4.33. The van der Waals surface area contributed by atoms with E-state index >= 15 is 0 Å². The van der Waals surface area contributed by atoms with Crippen LogP contribution in [0.5, 0.6) is 0 Å². The zero-order chi connectivity index (χ0) is 13.0. The van der Waals surface area contributed by atoms with Crippen molar-refractivity contribution in [3.05, 3.63) is 29.8 Å². The summed E-state index contributed by atoms with van der Waals surface area (Å²) >= 11 is 0. The summed E-state index contributed by atoms with van der Waals surface area (Å²) in [6.45, 7) is 2.41. The molecule has 1 aromatic carbocycles. The fourth-order valence-electron chi connectivity index (χ4n) is 2.17. The van der Waals surface area contributed by atoms with Gasteiger partial charge < -0.3 is 15.7 Å². The quantitative estimate of drug-likeness (QED) is 0.752. The van der Waals surface area contributed by atoms with Crippen molar-refractivity contribution >= 4 is 11.6 Å². The zero-order valence-electron chi connectivity index (χ0n) is 10.6. The van der Waals surface area contributed by atoms with Gasteiger partial charge >= 0.3 is 0 Å². The molecular formula is C14H20N2O2. The normalized spacial score (nSPS) is 20.8. The number of hydrogen-bond donors (Lipinski definition) is 3. The second-order valence-corrected chi connectivity index (χ2v) is 4.83. The maximum atomic E-state index is 12.0. The second kappa shape index (κ2) is 5.98. The van der Waals surface area contributed by atoms with E-state index in [1.54, 1.807) is 6.92 Å². The van der Waals surface area contributed by atoms with E-state index < -0.39 is 0 Å². The summed E-state index contributed by atoms with van der Waals surface area (Å²) in [5.74, 6) is 0.0190. The summed E-state index contributed by atoms with van der Waals surface area (Å²) in [7, 11) is 0. The monoisotopic (exact) mass is 248 g/mol. The standard InChI is InChI=1S/C14H20N2O2/c1-10(17)8-9-15-13-7-6-11-4-2-3-5-12(11)16-14(13)18/h2-5,10,13,15,17H,6-9H2,1H3,(H,16,18). The smallest absolute Gasteiger partial charge is 0.241 e. The zero-order valence-corrected chi connectivity index (χ0v) is 10.6. The first-order chi connectivity index (χ1) is 8.66. The number of aliphatic hydroxyl groups is 1. The number of aliphatic hydroxyl groups excluding tert-OH is 1. The minimum atomic E-state index is -0.330. The van der Waals surface area contributed by atoms with Gasteiger partial charge in [0.15, 0.2) is 0 Å². The molecule has 1 heterocycles. The van der Waals surface area contributed by atoms with Gasteiger partial charge in [0, 0.05) is 5.69 Å². The first-order valence-electron chi connectivity index (χ1n) is 6.47. The van der Waals surface area contributed by atoms with Crippen LogP contribution in [-0.2, 0) is 11.2 Å². The molecule has 0 spiro atoms. The van der Waals surface area contributed by atoms with Gasteiger partial charge in [0.1, 0.15) is 0 Å². The molecule has 1 aliphatic rings. The van der Waals surface area contributed by atoms with Gasteiger partial charge in [-0.1, -0.05) is 18.2 Å². The van der Waals surface area contributed by atoms with Gasteiger partial charge in [-0.2, -0.15) is 0 Å². The number of para-hydroxylation sites is 1. The van der Waals surface area contributed by atoms with Crippen LogP contribution in [0.15, 0.2) is 24.3 Å². The minimum Gasteiger partial charge on any atom is -0.393 e. The SMILES string of the molecule is CC(O)CCNC1CCc2ccccc2NC1=O. The van der Waals surface area contributed by atoms with Crippen LogP contribution in [0.4, 0.5) is 5.69 Å². The molecule has 0 saturated heterocycles. The van der Waals surface area contributed by atoms with E-state index in [-0.39, 0.29) is 18.1 Å². The van der Waals surface area contributed by atoms with Crippen molar-refractivity contribution in [1.29, 1.82) is 0 Å². The average Bonchev–Trinajstić information content (AvgIpc) is 2.49. The largest absolute Gasteiger partial charge is 0.393 e. The Morgan fingerprint density at radius 1 is 1.50 bits per heavy atom. The maximum Gasteiger partial charge on any atom is 0.241 e. The van der Waals surface area contributed by atoms with Crippen LogP contribution < -0.4 is 10.6 Å². The molecule has 2 rings (SSSR count). The van der Waals surface area contributed by atoms with E-state index in [1.165, 1.54) is 5.56 Å². The molecule has 98 valence electrons. The first kappa shape index (κ1) is 13.1. The van der Waals surface area contributed by atoms with Gasteiger partial charge in [-0.25, -0.2) is 0 Å². The molecule has 2 atom stereocenters. The molecule has 1 amide bonds.